The summed E-state index contributed by atoms with van der Waals surface area (Å²) in [6.45, 7) is 1.81. The zero-order chi connectivity index (χ0) is 12.4. The molecule has 1 amide bonds. The van der Waals surface area contributed by atoms with Crippen LogP contribution in [0.4, 0.5) is 0 Å². The van der Waals surface area contributed by atoms with Gasteiger partial charge in [0, 0.05) is 25.2 Å². The summed E-state index contributed by atoms with van der Waals surface area (Å²) in [5, 5.41) is 3.73. The Balaban J connectivity index is 2.00. The molecule has 1 aliphatic rings. The summed E-state index contributed by atoms with van der Waals surface area (Å²) in [5.41, 5.74) is 6.58. The molecule has 5 heteroatoms. The van der Waals surface area contributed by atoms with Gasteiger partial charge in [-0.1, -0.05) is 5.16 Å². The lowest BCUT2D eigenvalue weighted by Gasteiger charge is -2.32. The molecule has 0 spiro atoms. The molecule has 1 heterocycles. The molecule has 1 aromatic rings. The van der Waals surface area contributed by atoms with E-state index < -0.39 is 0 Å². The topological polar surface area (TPSA) is 72.4 Å². The van der Waals surface area contributed by atoms with Gasteiger partial charge in [-0.3, -0.25) is 4.79 Å². The molecule has 0 bridgehead atoms. The molecule has 0 radical (unpaired) electrons. The summed E-state index contributed by atoms with van der Waals surface area (Å²) < 4.78 is 4.99. The number of amides is 1. The molecule has 17 heavy (non-hydrogen) atoms. The SMILES string of the molecule is Cc1cc(C(=O)N(C)C2CCC(N)CC2)on1. The maximum Gasteiger partial charge on any atom is 0.292 e. The van der Waals surface area contributed by atoms with Crippen LogP contribution in [0.1, 0.15) is 41.9 Å². The lowest BCUT2D eigenvalue weighted by molar-refractivity contribution is 0.0648. The average molecular weight is 237 g/mol. The second-order valence-electron chi connectivity index (χ2n) is 4.82. The van der Waals surface area contributed by atoms with Crippen LogP contribution in [0.2, 0.25) is 0 Å². The van der Waals surface area contributed by atoms with Crippen molar-refractivity contribution in [3.05, 3.63) is 17.5 Å². The highest BCUT2D eigenvalue weighted by atomic mass is 16.5. The molecule has 0 atom stereocenters. The number of aromatic nitrogens is 1. The lowest BCUT2D eigenvalue weighted by Crippen LogP contribution is -2.41. The van der Waals surface area contributed by atoms with Crippen molar-refractivity contribution in [3.63, 3.8) is 0 Å². The van der Waals surface area contributed by atoms with Crippen molar-refractivity contribution < 1.29 is 9.32 Å². The highest BCUT2D eigenvalue weighted by Gasteiger charge is 2.27. The molecule has 94 valence electrons. The van der Waals surface area contributed by atoms with Gasteiger partial charge in [0.1, 0.15) is 0 Å². The Bertz CT molecular complexity index is 394. The molecule has 0 saturated heterocycles. The number of rotatable bonds is 2. The minimum atomic E-state index is -0.0916. The first-order valence-corrected chi connectivity index (χ1v) is 6.04. The monoisotopic (exact) mass is 237 g/mol. The van der Waals surface area contributed by atoms with E-state index in [0.717, 1.165) is 31.4 Å². The van der Waals surface area contributed by atoms with Crippen LogP contribution in [0.15, 0.2) is 10.6 Å². The second kappa shape index (κ2) is 4.87. The third-order valence-corrected chi connectivity index (χ3v) is 3.45. The van der Waals surface area contributed by atoms with Gasteiger partial charge in [-0.05, 0) is 32.6 Å². The minimum Gasteiger partial charge on any atom is -0.351 e. The predicted molar refractivity (Wildman–Crippen MR) is 63.6 cm³/mol. The third-order valence-electron chi connectivity index (χ3n) is 3.45. The number of hydrogen-bond donors (Lipinski definition) is 1. The van der Waals surface area contributed by atoms with E-state index in [1.165, 1.54) is 0 Å². The number of nitrogens with two attached hydrogens (primary N) is 1. The van der Waals surface area contributed by atoms with Gasteiger partial charge in [-0.25, -0.2) is 0 Å². The molecule has 0 aromatic carbocycles. The van der Waals surface area contributed by atoms with Crippen LogP contribution in [-0.4, -0.2) is 35.1 Å². The molecule has 1 aliphatic carbocycles. The highest BCUT2D eigenvalue weighted by Crippen LogP contribution is 2.22. The van der Waals surface area contributed by atoms with Crippen LogP contribution >= 0.6 is 0 Å². The first-order chi connectivity index (χ1) is 8.08. The smallest absolute Gasteiger partial charge is 0.292 e. The number of carbonyl (C=O) groups excluding carboxylic acids is 1. The molecular weight excluding hydrogens is 218 g/mol. The summed E-state index contributed by atoms with van der Waals surface area (Å²) in [7, 11) is 1.82. The Morgan fingerprint density at radius 2 is 2.12 bits per heavy atom. The fourth-order valence-corrected chi connectivity index (χ4v) is 2.29. The molecule has 0 aliphatic heterocycles. The minimum absolute atomic E-state index is 0.0916. The molecule has 1 aromatic heterocycles. The van der Waals surface area contributed by atoms with Gasteiger partial charge in [0.25, 0.3) is 5.91 Å². The Morgan fingerprint density at radius 1 is 1.47 bits per heavy atom. The predicted octanol–water partition coefficient (Wildman–Crippen LogP) is 1.32. The van der Waals surface area contributed by atoms with Crippen molar-refractivity contribution in [2.24, 2.45) is 5.73 Å². The number of nitrogens with zero attached hydrogens (tertiary/aromatic N) is 2. The average Bonchev–Trinajstić information content (AvgIpc) is 2.75. The molecule has 2 N–H and O–H groups in total. The fourth-order valence-electron chi connectivity index (χ4n) is 2.29. The maximum atomic E-state index is 12.1. The number of hydrogen-bond acceptors (Lipinski definition) is 4. The Morgan fingerprint density at radius 3 is 2.65 bits per heavy atom. The first-order valence-electron chi connectivity index (χ1n) is 6.04. The van der Waals surface area contributed by atoms with E-state index in [1.807, 2.05) is 7.05 Å². The summed E-state index contributed by atoms with van der Waals surface area (Å²) in [5.74, 6) is 0.228. The summed E-state index contributed by atoms with van der Waals surface area (Å²) in [4.78, 5) is 13.9. The van der Waals surface area contributed by atoms with Crippen molar-refractivity contribution in [2.45, 2.75) is 44.7 Å². The molecule has 5 nitrogen and oxygen atoms in total. The molecule has 1 saturated carbocycles. The normalized spacial score (nSPS) is 24.6. The third kappa shape index (κ3) is 2.66. The molecular formula is C12H19N3O2. The van der Waals surface area contributed by atoms with Crippen molar-refractivity contribution in [3.8, 4) is 0 Å². The van der Waals surface area contributed by atoms with Crippen molar-refractivity contribution >= 4 is 5.91 Å². The largest absolute Gasteiger partial charge is 0.351 e. The quantitative estimate of drug-likeness (QED) is 0.842. The Hall–Kier alpha value is -1.36. The van der Waals surface area contributed by atoms with E-state index >= 15 is 0 Å². The van der Waals surface area contributed by atoms with Crippen molar-refractivity contribution in [1.82, 2.24) is 10.1 Å². The Labute approximate surface area is 101 Å². The number of carbonyl (C=O) groups is 1. The van der Waals surface area contributed by atoms with E-state index in [2.05, 4.69) is 5.16 Å². The van der Waals surface area contributed by atoms with E-state index in [0.29, 0.717) is 11.8 Å². The van der Waals surface area contributed by atoms with E-state index in [-0.39, 0.29) is 11.9 Å². The van der Waals surface area contributed by atoms with Gasteiger partial charge in [0.05, 0.1) is 5.69 Å². The lowest BCUT2D eigenvalue weighted by atomic mass is 9.91. The first kappa shape index (κ1) is 12.1. The fraction of sp³-hybridized carbons (Fsp3) is 0.667. The zero-order valence-corrected chi connectivity index (χ0v) is 10.3. The van der Waals surface area contributed by atoms with E-state index in [4.69, 9.17) is 10.3 Å². The van der Waals surface area contributed by atoms with Crippen LogP contribution < -0.4 is 5.73 Å². The van der Waals surface area contributed by atoms with Crippen LogP contribution in [0.3, 0.4) is 0 Å². The van der Waals surface area contributed by atoms with Crippen LogP contribution in [0.5, 0.6) is 0 Å². The number of aryl methyl sites for hydroxylation is 1. The maximum absolute atomic E-state index is 12.1. The summed E-state index contributed by atoms with van der Waals surface area (Å²) >= 11 is 0. The molecule has 0 unspecified atom stereocenters. The van der Waals surface area contributed by atoms with E-state index in [9.17, 15) is 4.79 Å². The van der Waals surface area contributed by atoms with Gasteiger partial charge in [0.15, 0.2) is 0 Å². The van der Waals surface area contributed by atoms with Crippen LogP contribution in [0.25, 0.3) is 0 Å². The van der Waals surface area contributed by atoms with Crippen molar-refractivity contribution in [2.75, 3.05) is 7.05 Å². The zero-order valence-electron chi connectivity index (χ0n) is 10.3. The highest BCUT2D eigenvalue weighted by molar-refractivity contribution is 5.91. The van der Waals surface area contributed by atoms with E-state index in [1.54, 1.807) is 17.9 Å². The summed E-state index contributed by atoms with van der Waals surface area (Å²) in [6, 6.07) is 2.24. The summed E-state index contributed by atoms with van der Waals surface area (Å²) in [6.07, 6.45) is 3.91. The molecule has 2 rings (SSSR count). The van der Waals surface area contributed by atoms with Crippen LogP contribution in [-0.2, 0) is 0 Å². The Kier molecular flexibility index (Phi) is 3.47. The van der Waals surface area contributed by atoms with Crippen LogP contribution in [0, 0.1) is 6.92 Å². The van der Waals surface area contributed by atoms with Gasteiger partial charge < -0.3 is 15.2 Å². The van der Waals surface area contributed by atoms with Gasteiger partial charge in [0.2, 0.25) is 5.76 Å². The standard InChI is InChI=1S/C12H19N3O2/c1-8-7-11(17-14-8)12(16)15(2)10-5-3-9(13)4-6-10/h7,9-10H,3-6,13H2,1-2H3. The van der Waals surface area contributed by atoms with Gasteiger partial charge >= 0.3 is 0 Å². The molecule has 1 fully saturated rings. The van der Waals surface area contributed by atoms with Gasteiger partial charge in [-0.15, -0.1) is 0 Å². The van der Waals surface area contributed by atoms with Gasteiger partial charge in [-0.2, -0.15) is 0 Å². The van der Waals surface area contributed by atoms with Crippen molar-refractivity contribution in [1.29, 1.82) is 0 Å². The second-order valence-corrected chi connectivity index (χ2v) is 4.82.